The van der Waals surface area contributed by atoms with Crippen molar-refractivity contribution in [3.63, 3.8) is 0 Å². The van der Waals surface area contributed by atoms with Crippen molar-refractivity contribution in [2.45, 2.75) is 37.9 Å². The maximum Gasteiger partial charge on any atom is 0.317 e. The largest absolute Gasteiger partial charge is 0.481 e. The van der Waals surface area contributed by atoms with Crippen LogP contribution in [0.5, 0.6) is 0 Å². The second kappa shape index (κ2) is 7.20. The second-order valence-electron chi connectivity index (χ2n) is 5.87. The highest BCUT2D eigenvalue weighted by Gasteiger charge is 2.27. The molecule has 0 aromatic heterocycles. The van der Waals surface area contributed by atoms with Crippen molar-refractivity contribution in [3.05, 3.63) is 0 Å². The molecule has 0 spiro atoms. The van der Waals surface area contributed by atoms with Gasteiger partial charge in [-0.3, -0.25) is 4.79 Å². The fourth-order valence-electron chi connectivity index (χ4n) is 2.96. The number of hydrogen-bond acceptors (Lipinski definition) is 3. The molecule has 2 aliphatic rings. The summed E-state index contributed by atoms with van der Waals surface area (Å²) in [5, 5.41) is 12.5. The molecule has 5 nitrogen and oxygen atoms in total. The Morgan fingerprint density at radius 2 is 2.00 bits per heavy atom. The minimum atomic E-state index is -0.674. The SMILES string of the molecule is CC1CN(C(=O)NCC2CCC(C(=O)O)CC2)CCS1. The summed E-state index contributed by atoms with van der Waals surface area (Å²) >= 11 is 1.91. The number of carbonyl (C=O) groups excluding carboxylic acids is 1. The van der Waals surface area contributed by atoms with Crippen LogP contribution in [0.4, 0.5) is 4.79 Å². The van der Waals surface area contributed by atoms with Gasteiger partial charge in [0, 0.05) is 30.6 Å². The number of nitrogens with one attached hydrogen (secondary N) is 1. The average Bonchev–Trinajstić information content (AvgIpc) is 2.45. The zero-order chi connectivity index (χ0) is 14.5. The number of amides is 2. The number of rotatable bonds is 3. The Hall–Kier alpha value is -0.910. The molecule has 2 amide bonds. The van der Waals surface area contributed by atoms with Crippen LogP contribution in [0.1, 0.15) is 32.6 Å². The highest BCUT2D eigenvalue weighted by molar-refractivity contribution is 7.99. The normalized spacial score (nSPS) is 30.9. The molecule has 0 aromatic rings. The van der Waals surface area contributed by atoms with E-state index in [4.69, 9.17) is 5.11 Å². The van der Waals surface area contributed by atoms with Crippen molar-refractivity contribution < 1.29 is 14.7 Å². The molecule has 2 N–H and O–H groups in total. The van der Waals surface area contributed by atoms with E-state index in [-0.39, 0.29) is 11.9 Å². The van der Waals surface area contributed by atoms with Crippen LogP contribution in [0.25, 0.3) is 0 Å². The number of urea groups is 1. The standard InChI is InChI=1S/C14H24N2O3S/c1-10-9-16(6-7-20-10)14(19)15-8-11-2-4-12(5-3-11)13(17)18/h10-12H,2-9H2,1H3,(H,15,19)(H,17,18). The first-order valence-corrected chi connectivity index (χ1v) is 8.48. The summed E-state index contributed by atoms with van der Waals surface area (Å²) in [6, 6.07) is 0.0394. The lowest BCUT2D eigenvalue weighted by molar-refractivity contribution is -0.143. The third kappa shape index (κ3) is 4.30. The van der Waals surface area contributed by atoms with E-state index in [1.165, 1.54) is 0 Å². The molecule has 1 saturated heterocycles. The Morgan fingerprint density at radius 1 is 1.30 bits per heavy atom. The van der Waals surface area contributed by atoms with Crippen molar-refractivity contribution in [1.29, 1.82) is 0 Å². The van der Waals surface area contributed by atoms with E-state index in [2.05, 4.69) is 12.2 Å². The van der Waals surface area contributed by atoms with Gasteiger partial charge in [-0.25, -0.2) is 4.79 Å². The first-order chi connectivity index (χ1) is 9.56. The van der Waals surface area contributed by atoms with E-state index in [1.807, 2.05) is 16.7 Å². The predicted molar refractivity (Wildman–Crippen MR) is 80.0 cm³/mol. The molecular formula is C14H24N2O3S. The predicted octanol–water partition coefficient (Wildman–Crippen LogP) is 2.02. The molecule has 20 heavy (non-hydrogen) atoms. The van der Waals surface area contributed by atoms with Gasteiger partial charge >= 0.3 is 12.0 Å². The molecule has 6 heteroatoms. The molecule has 0 aromatic carbocycles. The van der Waals surface area contributed by atoms with Crippen molar-refractivity contribution in [1.82, 2.24) is 10.2 Å². The average molecular weight is 300 g/mol. The van der Waals surface area contributed by atoms with Gasteiger partial charge in [-0.2, -0.15) is 11.8 Å². The van der Waals surface area contributed by atoms with Crippen LogP contribution in [0.3, 0.4) is 0 Å². The Morgan fingerprint density at radius 3 is 2.60 bits per heavy atom. The highest BCUT2D eigenvalue weighted by atomic mass is 32.2. The minimum absolute atomic E-state index is 0.0394. The van der Waals surface area contributed by atoms with Crippen LogP contribution in [-0.2, 0) is 4.79 Å². The molecule has 114 valence electrons. The number of carboxylic acid groups (broad SMARTS) is 1. The number of carbonyl (C=O) groups is 2. The van der Waals surface area contributed by atoms with Crippen molar-refractivity contribution in [2.24, 2.45) is 11.8 Å². The van der Waals surface area contributed by atoms with Crippen LogP contribution in [0.2, 0.25) is 0 Å². The van der Waals surface area contributed by atoms with Gasteiger partial charge in [0.2, 0.25) is 0 Å². The number of thioether (sulfide) groups is 1. The summed E-state index contributed by atoms with van der Waals surface area (Å²) in [4.78, 5) is 24.8. The van der Waals surface area contributed by atoms with Crippen LogP contribution in [0, 0.1) is 11.8 Å². The molecule has 0 bridgehead atoms. The second-order valence-corrected chi connectivity index (χ2v) is 7.42. The lowest BCUT2D eigenvalue weighted by Crippen LogP contribution is -2.47. The molecule has 2 fully saturated rings. The summed E-state index contributed by atoms with van der Waals surface area (Å²) in [7, 11) is 0. The van der Waals surface area contributed by atoms with Crippen molar-refractivity contribution >= 4 is 23.8 Å². The Balaban J connectivity index is 1.68. The smallest absolute Gasteiger partial charge is 0.317 e. The van der Waals surface area contributed by atoms with Gasteiger partial charge in [-0.05, 0) is 31.6 Å². The van der Waals surface area contributed by atoms with Gasteiger partial charge in [-0.15, -0.1) is 0 Å². The summed E-state index contributed by atoms with van der Waals surface area (Å²) in [6.07, 6.45) is 3.30. The Bertz CT molecular complexity index is 356. The van der Waals surface area contributed by atoms with E-state index in [0.717, 1.165) is 44.5 Å². The maximum atomic E-state index is 12.1. The molecule has 2 rings (SSSR count). The summed E-state index contributed by atoms with van der Waals surface area (Å²) in [6.45, 7) is 4.48. The summed E-state index contributed by atoms with van der Waals surface area (Å²) in [5.41, 5.74) is 0. The number of aliphatic carboxylic acids is 1. The molecule has 0 radical (unpaired) electrons. The monoisotopic (exact) mass is 300 g/mol. The quantitative estimate of drug-likeness (QED) is 0.836. The third-order valence-electron chi connectivity index (χ3n) is 4.27. The fourth-order valence-corrected chi connectivity index (χ4v) is 3.97. The van der Waals surface area contributed by atoms with E-state index in [0.29, 0.717) is 17.7 Å². The van der Waals surface area contributed by atoms with Crippen molar-refractivity contribution in [2.75, 3.05) is 25.4 Å². The van der Waals surface area contributed by atoms with E-state index in [9.17, 15) is 9.59 Å². The van der Waals surface area contributed by atoms with Crippen LogP contribution in [0.15, 0.2) is 0 Å². The molecule has 1 heterocycles. The van der Waals surface area contributed by atoms with E-state index in [1.54, 1.807) is 0 Å². The molecular weight excluding hydrogens is 276 g/mol. The molecule has 1 aliphatic heterocycles. The van der Waals surface area contributed by atoms with Gasteiger partial charge in [0.25, 0.3) is 0 Å². The lowest BCUT2D eigenvalue weighted by Gasteiger charge is -2.32. The zero-order valence-electron chi connectivity index (χ0n) is 12.0. The first-order valence-electron chi connectivity index (χ1n) is 7.43. The summed E-state index contributed by atoms with van der Waals surface area (Å²) in [5.74, 6) is 0.596. The minimum Gasteiger partial charge on any atom is -0.481 e. The number of nitrogens with zero attached hydrogens (tertiary/aromatic N) is 1. The molecule has 1 saturated carbocycles. The van der Waals surface area contributed by atoms with Gasteiger partial charge in [0.15, 0.2) is 0 Å². The first kappa shape index (κ1) is 15.5. The topological polar surface area (TPSA) is 69.6 Å². The lowest BCUT2D eigenvalue weighted by atomic mass is 9.82. The van der Waals surface area contributed by atoms with Gasteiger partial charge in [0.05, 0.1) is 5.92 Å². The number of hydrogen-bond donors (Lipinski definition) is 2. The third-order valence-corrected chi connectivity index (χ3v) is 5.40. The van der Waals surface area contributed by atoms with Gasteiger partial charge in [0.1, 0.15) is 0 Å². The Kier molecular flexibility index (Phi) is 5.57. The van der Waals surface area contributed by atoms with E-state index >= 15 is 0 Å². The van der Waals surface area contributed by atoms with Crippen LogP contribution >= 0.6 is 11.8 Å². The van der Waals surface area contributed by atoms with Crippen LogP contribution < -0.4 is 5.32 Å². The van der Waals surface area contributed by atoms with E-state index < -0.39 is 5.97 Å². The van der Waals surface area contributed by atoms with Gasteiger partial charge in [-0.1, -0.05) is 6.92 Å². The van der Waals surface area contributed by atoms with Gasteiger partial charge < -0.3 is 15.3 Å². The fraction of sp³-hybridized carbons (Fsp3) is 0.857. The molecule has 1 unspecified atom stereocenters. The zero-order valence-corrected chi connectivity index (χ0v) is 12.8. The Labute approximate surface area is 124 Å². The van der Waals surface area contributed by atoms with Crippen molar-refractivity contribution in [3.8, 4) is 0 Å². The maximum absolute atomic E-state index is 12.1. The number of carboxylic acids is 1. The summed E-state index contributed by atoms with van der Waals surface area (Å²) < 4.78 is 0. The molecule has 1 aliphatic carbocycles. The molecule has 1 atom stereocenters. The highest BCUT2D eigenvalue weighted by Crippen LogP contribution is 2.28. The van der Waals surface area contributed by atoms with Crippen LogP contribution in [-0.4, -0.2) is 52.6 Å².